The SMILES string of the molecule is O=c1[nH]c2cc(Br)c(C(Cl)C3C4CCCC43)cc2[nH]1. The van der Waals surface area contributed by atoms with Gasteiger partial charge in [-0.2, -0.15) is 0 Å². The van der Waals surface area contributed by atoms with Crippen molar-refractivity contribution in [2.75, 3.05) is 0 Å². The molecule has 0 spiro atoms. The molecule has 100 valence electrons. The van der Waals surface area contributed by atoms with E-state index >= 15 is 0 Å². The minimum atomic E-state index is -0.173. The molecule has 1 aromatic carbocycles. The first kappa shape index (κ1) is 12.0. The van der Waals surface area contributed by atoms with E-state index < -0.39 is 0 Å². The van der Waals surface area contributed by atoms with Gasteiger partial charge in [0.2, 0.25) is 0 Å². The van der Waals surface area contributed by atoms with Crippen molar-refractivity contribution in [3.05, 3.63) is 32.7 Å². The molecule has 2 aromatic rings. The molecule has 4 rings (SSSR count). The van der Waals surface area contributed by atoms with Gasteiger partial charge in [0.05, 0.1) is 16.4 Å². The highest BCUT2D eigenvalue weighted by atomic mass is 79.9. The van der Waals surface area contributed by atoms with Crippen LogP contribution in [0.4, 0.5) is 0 Å². The third-order valence-electron chi connectivity index (χ3n) is 4.74. The lowest BCUT2D eigenvalue weighted by Crippen LogP contribution is -2.00. The summed E-state index contributed by atoms with van der Waals surface area (Å²) in [6.45, 7) is 0. The molecule has 0 bridgehead atoms. The Balaban J connectivity index is 1.73. The Hall–Kier alpha value is -0.740. The molecule has 0 radical (unpaired) electrons. The average molecular weight is 342 g/mol. The van der Waals surface area contributed by atoms with E-state index in [2.05, 4.69) is 25.9 Å². The number of nitrogens with one attached hydrogen (secondary N) is 2. The second kappa shape index (κ2) is 4.13. The van der Waals surface area contributed by atoms with Gasteiger partial charge in [-0.3, -0.25) is 0 Å². The maximum atomic E-state index is 11.3. The molecule has 2 aliphatic carbocycles. The third-order valence-corrected chi connectivity index (χ3v) is 5.95. The minimum Gasteiger partial charge on any atom is -0.306 e. The fraction of sp³-hybridized carbons (Fsp3) is 0.500. The molecule has 3 unspecified atom stereocenters. The predicted octanol–water partition coefficient (Wildman–Crippen LogP) is 3.94. The Bertz CT molecular complexity index is 697. The molecule has 2 N–H and O–H groups in total. The van der Waals surface area contributed by atoms with E-state index in [1.807, 2.05) is 12.1 Å². The second-order valence-corrected chi connectivity index (χ2v) is 7.06. The number of rotatable bonds is 2. The van der Waals surface area contributed by atoms with Gasteiger partial charge in [-0.25, -0.2) is 4.79 Å². The standard InChI is InChI=1S/C14H14BrClN2O/c15-9-5-11-10(17-14(19)18-11)4-8(9)13(16)12-6-2-1-3-7(6)12/h4-7,12-13H,1-3H2,(H2,17,18,19). The van der Waals surface area contributed by atoms with E-state index in [9.17, 15) is 4.79 Å². The first-order valence-corrected chi connectivity index (χ1v) is 7.93. The quantitative estimate of drug-likeness (QED) is 0.799. The summed E-state index contributed by atoms with van der Waals surface area (Å²) in [6, 6.07) is 3.94. The molecule has 0 aliphatic heterocycles. The summed E-state index contributed by atoms with van der Waals surface area (Å²) in [4.78, 5) is 16.9. The molecule has 19 heavy (non-hydrogen) atoms. The molecule has 2 aliphatic rings. The van der Waals surface area contributed by atoms with E-state index in [0.717, 1.165) is 32.9 Å². The van der Waals surface area contributed by atoms with Crippen molar-refractivity contribution in [1.29, 1.82) is 0 Å². The Morgan fingerprint density at radius 1 is 1.21 bits per heavy atom. The number of benzene rings is 1. The number of hydrogen-bond acceptors (Lipinski definition) is 1. The fourth-order valence-corrected chi connectivity index (χ4v) is 5.08. The highest BCUT2D eigenvalue weighted by Gasteiger charge is 2.55. The zero-order valence-corrected chi connectivity index (χ0v) is 12.6. The molecule has 1 heterocycles. The minimum absolute atomic E-state index is 0.0486. The zero-order valence-electron chi connectivity index (χ0n) is 10.2. The summed E-state index contributed by atoms with van der Waals surface area (Å²) < 4.78 is 0.986. The topological polar surface area (TPSA) is 48.6 Å². The van der Waals surface area contributed by atoms with Crippen molar-refractivity contribution in [1.82, 2.24) is 9.97 Å². The van der Waals surface area contributed by atoms with E-state index in [1.54, 1.807) is 0 Å². The Labute approximate surface area is 123 Å². The number of hydrogen-bond donors (Lipinski definition) is 2. The van der Waals surface area contributed by atoms with Crippen molar-refractivity contribution in [2.45, 2.75) is 24.6 Å². The largest absolute Gasteiger partial charge is 0.323 e. The van der Waals surface area contributed by atoms with Crippen molar-refractivity contribution in [3.8, 4) is 0 Å². The smallest absolute Gasteiger partial charge is 0.306 e. The van der Waals surface area contributed by atoms with Gasteiger partial charge in [0.1, 0.15) is 0 Å². The maximum absolute atomic E-state index is 11.3. The number of H-pyrrole nitrogens is 2. The number of imidazole rings is 1. The lowest BCUT2D eigenvalue weighted by molar-refractivity contribution is 0.573. The molecule has 2 fully saturated rings. The fourth-order valence-electron chi connectivity index (χ4n) is 3.80. The van der Waals surface area contributed by atoms with Crippen LogP contribution in [0.3, 0.4) is 0 Å². The van der Waals surface area contributed by atoms with E-state index in [1.165, 1.54) is 19.3 Å². The van der Waals surface area contributed by atoms with Crippen LogP contribution in [0, 0.1) is 17.8 Å². The van der Waals surface area contributed by atoms with Gasteiger partial charge in [-0.15, -0.1) is 11.6 Å². The summed E-state index contributed by atoms with van der Waals surface area (Å²) in [7, 11) is 0. The molecule has 3 nitrogen and oxygen atoms in total. The number of fused-ring (bicyclic) bond motifs is 2. The zero-order chi connectivity index (χ0) is 13.1. The van der Waals surface area contributed by atoms with E-state index in [0.29, 0.717) is 5.92 Å². The molecule has 3 atom stereocenters. The molecule has 1 aromatic heterocycles. The summed E-state index contributed by atoms with van der Waals surface area (Å²) >= 11 is 10.3. The normalized spacial score (nSPS) is 30.5. The van der Waals surface area contributed by atoms with Gasteiger partial charge in [-0.1, -0.05) is 22.4 Å². The lowest BCUT2D eigenvalue weighted by Gasteiger charge is -2.14. The lowest BCUT2D eigenvalue weighted by atomic mass is 10.0. The van der Waals surface area contributed by atoms with Crippen LogP contribution in [0.25, 0.3) is 11.0 Å². The molecular weight excluding hydrogens is 328 g/mol. The van der Waals surface area contributed by atoms with Crippen LogP contribution < -0.4 is 5.69 Å². The predicted molar refractivity (Wildman–Crippen MR) is 79.5 cm³/mol. The molecule has 2 saturated carbocycles. The van der Waals surface area contributed by atoms with Crippen LogP contribution in [0.5, 0.6) is 0 Å². The van der Waals surface area contributed by atoms with Crippen LogP contribution in [0.1, 0.15) is 30.2 Å². The number of aromatic nitrogens is 2. The Kier molecular flexibility index (Phi) is 2.61. The van der Waals surface area contributed by atoms with Crippen LogP contribution in [0.15, 0.2) is 21.4 Å². The van der Waals surface area contributed by atoms with Gasteiger partial charge in [0, 0.05) is 4.47 Å². The van der Waals surface area contributed by atoms with Crippen LogP contribution in [-0.2, 0) is 0 Å². The van der Waals surface area contributed by atoms with Crippen molar-refractivity contribution < 1.29 is 0 Å². The van der Waals surface area contributed by atoms with Crippen LogP contribution in [-0.4, -0.2) is 9.97 Å². The van der Waals surface area contributed by atoms with Gasteiger partial charge in [0.15, 0.2) is 0 Å². The summed E-state index contributed by atoms with van der Waals surface area (Å²) in [5.41, 5.74) is 2.58. The van der Waals surface area contributed by atoms with Crippen molar-refractivity contribution >= 4 is 38.6 Å². The van der Waals surface area contributed by atoms with Gasteiger partial charge in [0.25, 0.3) is 0 Å². The summed E-state index contributed by atoms with van der Waals surface area (Å²) in [5.74, 6) is 2.28. The second-order valence-electron chi connectivity index (χ2n) is 5.74. The van der Waals surface area contributed by atoms with Gasteiger partial charge >= 0.3 is 5.69 Å². The molecule has 5 heteroatoms. The highest BCUT2D eigenvalue weighted by Crippen LogP contribution is 2.64. The number of aromatic amines is 2. The molecular formula is C14H14BrClN2O. The maximum Gasteiger partial charge on any atom is 0.323 e. The number of halogens is 2. The van der Waals surface area contributed by atoms with Gasteiger partial charge < -0.3 is 9.97 Å². The van der Waals surface area contributed by atoms with E-state index in [4.69, 9.17) is 11.6 Å². The average Bonchev–Trinajstić information content (AvgIpc) is 2.72. The molecule has 0 saturated heterocycles. The first-order chi connectivity index (χ1) is 9.15. The van der Waals surface area contributed by atoms with E-state index in [-0.39, 0.29) is 11.1 Å². The van der Waals surface area contributed by atoms with Crippen molar-refractivity contribution in [3.63, 3.8) is 0 Å². The number of alkyl halides is 1. The van der Waals surface area contributed by atoms with Gasteiger partial charge in [-0.05, 0) is 48.3 Å². The van der Waals surface area contributed by atoms with Crippen molar-refractivity contribution in [2.24, 2.45) is 17.8 Å². The summed E-state index contributed by atoms with van der Waals surface area (Å²) in [5, 5.41) is 0.0486. The Morgan fingerprint density at radius 3 is 2.53 bits per heavy atom. The van der Waals surface area contributed by atoms with Crippen LogP contribution >= 0.6 is 27.5 Å². The Morgan fingerprint density at radius 2 is 1.84 bits per heavy atom. The van der Waals surface area contributed by atoms with Crippen LogP contribution in [0.2, 0.25) is 0 Å². The first-order valence-electron chi connectivity index (χ1n) is 6.70. The highest BCUT2D eigenvalue weighted by molar-refractivity contribution is 9.10. The third kappa shape index (κ3) is 1.80. The monoisotopic (exact) mass is 340 g/mol. The summed E-state index contributed by atoms with van der Waals surface area (Å²) in [6.07, 6.45) is 4.03. The molecule has 0 amide bonds.